The van der Waals surface area contributed by atoms with Gasteiger partial charge in [-0.3, -0.25) is 4.98 Å². The summed E-state index contributed by atoms with van der Waals surface area (Å²) in [6, 6.07) is 23.5. The minimum Gasteiger partial charge on any atom is -0.256 e. The van der Waals surface area contributed by atoms with Crippen LogP contribution in [0.3, 0.4) is 0 Å². The Balaban J connectivity index is 1.86. The first-order valence-corrected chi connectivity index (χ1v) is 7.50. The molecule has 0 fully saturated rings. The minimum atomic E-state index is 1.07. The standard InChI is InChI=1S/C21H13N/c1-2-9-17-14(5-1)11-12-22-21(17)19-13-16-8-3-6-15-7-4-10-18(19)20(15)16/h1-13H. The molecule has 1 nitrogen and oxygen atoms in total. The van der Waals surface area contributed by atoms with Crippen LogP contribution in [0.1, 0.15) is 16.8 Å². The molecule has 1 heteroatoms. The van der Waals surface area contributed by atoms with Gasteiger partial charge >= 0.3 is 0 Å². The quantitative estimate of drug-likeness (QED) is 0.406. The molecule has 0 aliphatic heterocycles. The molecule has 0 radical (unpaired) electrons. The Morgan fingerprint density at radius 2 is 1.50 bits per heavy atom. The molecule has 1 aliphatic rings. The molecule has 3 aromatic carbocycles. The summed E-state index contributed by atoms with van der Waals surface area (Å²) in [6.45, 7) is 0. The van der Waals surface area contributed by atoms with Crippen molar-refractivity contribution in [2.24, 2.45) is 0 Å². The van der Waals surface area contributed by atoms with Gasteiger partial charge in [-0.05, 0) is 39.4 Å². The zero-order valence-electron chi connectivity index (χ0n) is 12.0. The summed E-state index contributed by atoms with van der Waals surface area (Å²) in [5.41, 5.74) is 4.88. The van der Waals surface area contributed by atoms with E-state index in [2.05, 4.69) is 72.8 Å². The molecule has 0 saturated carbocycles. The Hall–Kier alpha value is -2.93. The summed E-state index contributed by atoms with van der Waals surface area (Å²) in [6.07, 6.45) is 4.17. The van der Waals surface area contributed by atoms with E-state index in [1.54, 1.807) is 0 Å². The van der Waals surface area contributed by atoms with E-state index in [0.717, 1.165) is 5.69 Å². The van der Waals surface area contributed by atoms with E-state index in [1.165, 1.54) is 38.2 Å². The maximum Gasteiger partial charge on any atom is 0.0786 e. The number of hydrogen-bond acceptors (Lipinski definition) is 1. The molecule has 0 bridgehead atoms. The molecular formula is C21H13N. The van der Waals surface area contributed by atoms with Crippen LogP contribution in [0, 0.1) is 0 Å². The van der Waals surface area contributed by atoms with E-state index in [-0.39, 0.29) is 0 Å². The molecule has 4 aromatic rings. The van der Waals surface area contributed by atoms with E-state index < -0.39 is 0 Å². The fraction of sp³-hybridized carbons (Fsp3) is 0. The van der Waals surface area contributed by atoms with Crippen LogP contribution < -0.4 is 0 Å². The molecule has 102 valence electrons. The maximum absolute atomic E-state index is 4.69. The average Bonchev–Trinajstić information content (AvgIpc) is 2.95. The third-order valence-electron chi connectivity index (χ3n) is 4.46. The van der Waals surface area contributed by atoms with Crippen molar-refractivity contribution in [1.82, 2.24) is 4.98 Å². The molecule has 5 rings (SSSR count). The normalized spacial score (nSPS) is 12.8. The summed E-state index contributed by atoms with van der Waals surface area (Å²) in [5.74, 6) is 0. The van der Waals surface area contributed by atoms with Crippen LogP contribution in [0.15, 0.2) is 72.9 Å². The van der Waals surface area contributed by atoms with Crippen LogP contribution >= 0.6 is 0 Å². The maximum atomic E-state index is 4.69. The topological polar surface area (TPSA) is 12.9 Å². The highest BCUT2D eigenvalue weighted by molar-refractivity contribution is 6.15. The van der Waals surface area contributed by atoms with Crippen molar-refractivity contribution in [2.45, 2.75) is 0 Å². The fourth-order valence-electron chi connectivity index (χ4n) is 3.48. The van der Waals surface area contributed by atoms with Crippen molar-refractivity contribution in [3.05, 3.63) is 89.7 Å². The Morgan fingerprint density at radius 3 is 2.45 bits per heavy atom. The number of pyridine rings is 1. The zero-order chi connectivity index (χ0) is 14.5. The SMILES string of the molecule is C1=C(c2nccc3ccccc23)c2cccc3cccc1c23. The van der Waals surface area contributed by atoms with E-state index in [1.807, 2.05) is 6.20 Å². The van der Waals surface area contributed by atoms with Crippen LogP contribution in [0.4, 0.5) is 0 Å². The third-order valence-corrected chi connectivity index (χ3v) is 4.46. The Bertz CT molecular complexity index is 1060. The van der Waals surface area contributed by atoms with Gasteiger partial charge in [-0.1, -0.05) is 60.7 Å². The lowest BCUT2D eigenvalue weighted by Crippen LogP contribution is -1.91. The first-order chi connectivity index (χ1) is 10.9. The predicted molar refractivity (Wildman–Crippen MR) is 92.7 cm³/mol. The van der Waals surface area contributed by atoms with Gasteiger partial charge < -0.3 is 0 Å². The summed E-state index contributed by atoms with van der Waals surface area (Å²) in [7, 11) is 0. The van der Waals surface area contributed by atoms with Crippen LogP contribution in [0.5, 0.6) is 0 Å². The van der Waals surface area contributed by atoms with E-state index in [9.17, 15) is 0 Å². The summed E-state index contributed by atoms with van der Waals surface area (Å²) in [5, 5.41) is 5.08. The third kappa shape index (κ3) is 1.51. The van der Waals surface area contributed by atoms with Gasteiger partial charge in [0.1, 0.15) is 0 Å². The molecule has 1 heterocycles. The second-order valence-electron chi connectivity index (χ2n) is 5.69. The van der Waals surface area contributed by atoms with Gasteiger partial charge in [-0.15, -0.1) is 0 Å². The number of aromatic nitrogens is 1. The van der Waals surface area contributed by atoms with Gasteiger partial charge in [0, 0.05) is 17.2 Å². The highest BCUT2D eigenvalue weighted by atomic mass is 14.7. The van der Waals surface area contributed by atoms with E-state index in [4.69, 9.17) is 4.98 Å². The van der Waals surface area contributed by atoms with Gasteiger partial charge in [-0.2, -0.15) is 0 Å². The smallest absolute Gasteiger partial charge is 0.0786 e. The average molecular weight is 279 g/mol. The number of hydrogen-bond donors (Lipinski definition) is 0. The first-order valence-electron chi connectivity index (χ1n) is 7.50. The van der Waals surface area contributed by atoms with E-state index in [0.29, 0.717) is 0 Å². The molecule has 0 spiro atoms. The van der Waals surface area contributed by atoms with Crippen molar-refractivity contribution in [2.75, 3.05) is 0 Å². The number of fused-ring (bicyclic) bond motifs is 1. The Labute approximate surface area is 128 Å². The highest BCUT2D eigenvalue weighted by Crippen LogP contribution is 2.40. The molecule has 0 atom stereocenters. The molecule has 0 amide bonds. The first kappa shape index (κ1) is 11.7. The summed E-state index contributed by atoms with van der Waals surface area (Å²) >= 11 is 0. The van der Waals surface area contributed by atoms with Crippen molar-refractivity contribution >= 4 is 33.2 Å². The predicted octanol–water partition coefficient (Wildman–Crippen LogP) is 5.29. The number of rotatable bonds is 1. The minimum absolute atomic E-state index is 1.07. The van der Waals surface area contributed by atoms with Gasteiger partial charge in [0.15, 0.2) is 0 Å². The van der Waals surface area contributed by atoms with Crippen molar-refractivity contribution < 1.29 is 0 Å². The second kappa shape index (κ2) is 4.28. The van der Waals surface area contributed by atoms with Crippen molar-refractivity contribution in [1.29, 1.82) is 0 Å². The van der Waals surface area contributed by atoms with Gasteiger partial charge in [0.2, 0.25) is 0 Å². The number of benzene rings is 3. The molecular weight excluding hydrogens is 266 g/mol. The Morgan fingerprint density at radius 1 is 0.682 bits per heavy atom. The lowest BCUT2D eigenvalue weighted by molar-refractivity contribution is 1.31. The molecule has 0 saturated heterocycles. The van der Waals surface area contributed by atoms with Crippen LogP contribution in [-0.4, -0.2) is 4.98 Å². The second-order valence-corrected chi connectivity index (χ2v) is 5.69. The number of nitrogens with zero attached hydrogens (tertiary/aromatic N) is 1. The fourth-order valence-corrected chi connectivity index (χ4v) is 3.48. The van der Waals surface area contributed by atoms with Crippen LogP contribution in [-0.2, 0) is 0 Å². The lowest BCUT2D eigenvalue weighted by atomic mass is 9.98. The summed E-state index contributed by atoms with van der Waals surface area (Å²) in [4.78, 5) is 4.69. The molecule has 0 unspecified atom stereocenters. The van der Waals surface area contributed by atoms with Crippen molar-refractivity contribution in [3.63, 3.8) is 0 Å². The Kier molecular flexibility index (Phi) is 2.28. The van der Waals surface area contributed by atoms with Crippen LogP contribution in [0.25, 0.3) is 33.2 Å². The largest absolute Gasteiger partial charge is 0.256 e. The van der Waals surface area contributed by atoms with Gasteiger partial charge in [0.25, 0.3) is 0 Å². The monoisotopic (exact) mass is 279 g/mol. The van der Waals surface area contributed by atoms with Gasteiger partial charge in [-0.25, -0.2) is 0 Å². The lowest BCUT2D eigenvalue weighted by Gasteiger charge is -2.08. The zero-order valence-corrected chi connectivity index (χ0v) is 12.0. The molecule has 1 aromatic heterocycles. The molecule has 0 N–H and O–H groups in total. The van der Waals surface area contributed by atoms with Crippen LogP contribution in [0.2, 0.25) is 0 Å². The van der Waals surface area contributed by atoms with Crippen molar-refractivity contribution in [3.8, 4) is 0 Å². The molecule has 1 aliphatic carbocycles. The van der Waals surface area contributed by atoms with E-state index >= 15 is 0 Å². The summed E-state index contributed by atoms with van der Waals surface area (Å²) < 4.78 is 0. The van der Waals surface area contributed by atoms with Gasteiger partial charge in [0.05, 0.1) is 5.69 Å². The highest BCUT2D eigenvalue weighted by Gasteiger charge is 2.19. The molecule has 22 heavy (non-hydrogen) atoms.